The van der Waals surface area contributed by atoms with E-state index in [1.165, 1.54) is 0 Å². The Bertz CT molecular complexity index is 559. The monoisotopic (exact) mass is 290 g/mol. The molecule has 0 aliphatic heterocycles. The lowest BCUT2D eigenvalue weighted by Gasteiger charge is -2.30. The molecular formula is C16H19ClN2O. The van der Waals surface area contributed by atoms with Crippen LogP contribution >= 0.6 is 11.6 Å². The predicted molar refractivity (Wildman–Crippen MR) is 81.9 cm³/mol. The van der Waals surface area contributed by atoms with E-state index in [0.29, 0.717) is 11.4 Å². The van der Waals surface area contributed by atoms with Gasteiger partial charge in [-0.25, -0.2) is 0 Å². The van der Waals surface area contributed by atoms with Gasteiger partial charge in [-0.15, -0.1) is 0 Å². The van der Waals surface area contributed by atoms with Crippen LogP contribution in [0, 0.1) is 0 Å². The summed E-state index contributed by atoms with van der Waals surface area (Å²) in [6, 6.07) is 11.1. The fourth-order valence-electron chi connectivity index (χ4n) is 2.19. The molecule has 1 heterocycles. The lowest BCUT2D eigenvalue weighted by molar-refractivity contribution is 0.0626. The lowest BCUT2D eigenvalue weighted by Crippen LogP contribution is -2.32. The van der Waals surface area contributed by atoms with E-state index < -0.39 is 5.60 Å². The first-order valence-electron chi connectivity index (χ1n) is 6.56. The Hall–Kier alpha value is -1.42. The highest BCUT2D eigenvalue weighted by Crippen LogP contribution is 2.33. The molecular weight excluding hydrogens is 272 g/mol. The largest absolute Gasteiger partial charge is 0.380 e. The molecule has 1 atom stereocenters. The summed E-state index contributed by atoms with van der Waals surface area (Å²) in [5, 5.41) is 11.8. The van der Waals surface area contributed by atoms with Gasteiger partial charge in [-0.3, -0.25) is 4.98 Å². The van der Waals surface area contributed by atoms with Crippen molar-refractivity contribution in [3.8, 4) is 0 Å². The molecule has 1 aromatic heterocycles. The highest BCUT2D eigenvalue weighted by Gasteiger charge is 2.31. The summed E-state index contributed by atoms with van der Waals surface area (Å²) in [6.07, 6.45) is 3.98. The molecule has 3 nitrogen and oxygen atoms in total. The zero-order valence-electron chi connectivity index (χ0n) is 11.8. The van der Waals surface area contributed by atoms with Crippen molar-refractivity contribution in [2.24, 2.45) is 0 Å². The van der Waals surface area contributed by atoms with Crippen molar-refractivity contribution in [3.05, 3.63) is 64.9 Å². The summed E-state index contributed by atoms with van der Waals surface area (Å²) < 4.78 is 0. The molecule has 0 radical (unpaired) electrons. The zero-order chi connectivity index (χ0) is 14.6. The molecule has 20 heavy (non-hydrogen) atoms. The summed E-state index contributed by atoms with van der Waals surface area (Å²) >= 11 is 6.06. The van der Waals surface area contributed by atoms with Crippen LogP contribution in [-0.4, -0.2) is 35.6 Å². The van der Waals surface area contributed by atoms with Crippen LogP contribution < -0.4 is 0 Å². The van der Waals surface area contributed by atoms with Crippen LogP contribution in [0.2, 0.25) is 5.02 Å². The van der Waals surface area contributed by atoms with Crippen LogP contribution in [0.15, 0.2) is 48.8 Å². The summed E-state index contributed by atoms with van der Waals surface area (Å²) in [5.41, 5.74) is 0.493. The quantitative estimate of drug-likeness (QED) is 0.920. The minimum atomic E-state index is -1.08. The third-order valence-corrected chi connectivity index (χ3v) is 3.60. The molecule has 0 saturated heterocycles. The molecule has 1 N–H and O–H groups in total. The van der Waals surface area contributed by atoms with E-state index in [1.807, 2.05) is 49.3 Å². The van der Waals surface area contributed by atoms with E-state index in [4.69, 9.17) is 11.6 Å². The topological polar surface area (TPSA) is 36.4 Å². The van der Waals surface area contributed by atoms with Gasteiger partial charge in [0.25, 0.3) is 0 Å². The van der Waals surface area contributed by atoms with E-state index in [0.717, 1.165) is 17.7 Å². The van der Waals surface area contributed by atoms with Crippen molar-refractivity contribution in [1.29, 1.82) is 0 Å². The van der Waals surface area contributed by atoms with Crippen molar-refractivity contribution in [1.82, 2.24) is 9.88 Å². The number of rotatable bonds is 5. The number of halogens is 1. The Morgan fingerprint density at radius 2 is 1.95 bits per heavy atom. The first kappa shape index (κ1) is 15.0. The number of hydrogen-bond donors (Lipinski definition) is 1. The number of aromatic nitrogens is 1. The summed E-state index contributed by atoms with van der Waals surface area (Å²) in [5.74, 6) is 0. The molecule has 0 fully saturated rings. The highest BCUT2D eigenvalue weighted by atomic mass is 35.5. The maximum absolute atomic E-state index is 11.2. The second-order valence-corrected chi connectivity index (χ2v) is 5.60. The molecule has 0 aliphatic carbocycles. The van der Waals surface area contributed by atoms with Gasteiger partial charge in [0.05, 0.1) is 0 Å². The highest BCUT2D eigenvalue weighted by molar-refractivity contribution is 6.30. The second kappa shape index (κ2) is 6.35. The smallest absolute Gasteiger partial charge is 0.117 e. The van der Waals surface area contributed by atoms with E-state index in [2.05, 4.69) is 4.98 Å². The standard InChI is InChI=1S/C16H19ClN2O/c1-19(2)10-8-16(20,14-6-4-9-18-12-14)13-5-3-7-15(17)11-13/h3-7,9,11-12,20H,8,10H2,1-2H3/t16-/m0/s1. The summed E-state index contributed by atoms with van der Waals surface area (Å²) in [6.45, 7) is 0.762. The van der Waals surface area contributed by atoms with Crippen molar-refractivity contribution in [2.45, 2.75) is 12.0 Å². The van der Waals surface area contributed by atoms with Crippen molar-refractivity contribution in [3.63, 3.8) is 0 Å². The summed E-state index contributed by atoms with van der Waals surface area (Å²) in [7, 11) is 3.98. The van der Waals surface area contributed by atoms with Gasteiger partial charge in [0.2, 0.25) is 0 Å². The van der Waals surface area contributed by atoms with Gasteiger partial charge in [-0.05, 0) is 44.3 Å². The predicted octanol–water partition coefficient (Wildman–Crippen LogP) is 2.92. The normalized spacial score (nSPS) is 14.2. The number of nitrogens with zero attached hydrogens (tertiary/aromatic N) is 2. The van der Waals surface area contributed by atoms with Gasteiger partial charge in [0.1, 0.15) is 5.60 Å². The van der Waals surface area contributed by atoms with E-state index in [9.17, 15) is 5.11 Å². The number of benzene rings is 1. The Labute approximate surface area is 124 Å². The third-order valence-electron chi connectivity index (χ3n) is 3.36. The minimum absolute atomic E-state index is 0.575. The van der Waals surface area contributed by atoms with E-state index in [-0.39, 0.29) is 0 Å². The van der Waals surface area contributed by atoms with Crippen LogP contribution in [0.3, 0.4) is 0 Å². The molecule has 2 rings (SSSR count). The number of hydrogen-bond acceptors (Lipinski definition) is 3. The number of aliphatic hydroxyl groups is 1. The Balaban J connectivity index is 2.43. The van der Waals surface area contributed by atoms with Crippen LogP contribution in [0.25, 0.3) is 0 Å². The van der Waals surface area contributed by atoms with Crippen LogP contribution in [-0.2, 0) is 5.60 Å². The second-order valence-electron chi connectivity index (χ2n) is 5.17. The molecule has 0 amide bonds. The fraction of sp³-hybridized carbons (Fsp3) is 0.312. The van der Waals surface area contributed by atoms with Crippen LogP contribution in [0.1, 0.15) is 17.5 Å². The Kier molecular flexibility index (Phi) is 4.76. The minimum Gasteiger partial charge on any atom is -0.380 e. The lowest BCUT2D eigenvalue weighted by atomic mass is 9.84. The Morgan fingerprint density at radius 3 is 2.55 bits per heavy atom. The van der Waals surface area contributed by atoms with Gasteiger partial charge in [0.15, 0.2) is 0 Å². The molecule has 0 aliphatic rings. The molecule has 0 spiro atoms. The molecule has 0 unspecified atom stereocenters. The van der Waals surface area contributed by atoms with Crippen molar-refractivity contribution >= 4 is 11.6 Å². The van der Waals surface area contributed by atoms with Gasteiger partial charge in [-0.2, -0.15) is 0 Å². The van der Waals surface area contributed by atoms with Crippen LogP contribution in [0.4, 0.5) is 0 Å². The average Bonchev–Trinajstić information content (AvgIpc) is 2.45. The third kappa shape index (κ3) is 3.37. The molecule has 1 aromatic carbocycles. The first-order chi connectivity index (χ1) is 9.52. The molecule has 106 valence electrons. The SMILES string of the molecule is CN(C)CC[C@@](O)(c1cccnc1)c1cccc(Cl)c1. The van der Waals surface area contributed by atoms with Crippen molar-refractivity contribution < 1.29 is 5.11 Å². The van der Waals surface area contributed by atoms with E-state index in [1.54, 1.807) is 18.5 Å². The zero-order valence-corrected chi connectivity index (χ0v) is 12.5. The van der Waals surface area contributed by atoms with Gasteiger partial charge < -0.3 is 10.0 Å². The van der Waals surface area contributed by atoms with Gasteiger partial charge in [-0.1, -0.05) is 29.8 Å². The van der Waals surface area contributed by atoms with Gasteiger partial charge >= 0.3 is 0 Å². The maximum Gasteiger partial charge on any atom is 0.117 e. The molecule has 0 bridgehead atoms. The van der Waals surface area contributed by atoms with Crippen LogP contribution in [0.5, 0.6) is 0 Å². The average molecular weight is 291 g/mol. The first-order valence-corrected chi connectivity index (χ1v) is 6.94. The number of pyridine rings is 1. The maximum atomic E-state index is 11.2. The fourth-order valence-corrected chi connectivity index (χ4v) is 2.38. The van der Waals surface area contributed by atoms with E-state index >= 15 is 0 Å². The molecule has 4 heteroatoms. The molecule has 0 saturated carbocycles. The Morgan fingerprint density at radius 1 is 1.20 bits per heavy atom. The molecule has 2 aromatic rings. The van der Waals surface area contributed by atoms with Crippen molar-refractivity contribution in [2.75, 3.05) is 20.6 Å². The van der Waals surface area contributed by atoms with Gasteiger partial charge in [0, 0.05) is 29.5 Å². The summed E-state index contributed by atoms with van der Waals surface area (Å²) in [4.78, 5) is 6.17.